The number of oxazole rings is 1. The molecule has 4 rings (SSSR count). The molecule has 0 fully saturated rings. The standard InChI is InChI=1S/C22H19N3O3/c1-27-20-10-8-17(14-24-20)22-25-18-13-16(7-9-19(18)28-22)21(26)23-12-11-15-5-3-2-4-6-15/h2-10,13-14H,11-12H2,1H3,(H,23,26). The fourth-order valence-corrected chi connectivity index (χ4v) is 2.89. The van der Waals surface area contributed by atoms with E-state index in [4.69, 9.17) is 9.15 Å². The van der Waals surface area contributed by atoms with Crippen molar-refractivity contribution < 1.29 is 13.9 Å². The molecule has 0 atom stereocenters. The number of hydrogen-bond donors (Lipinski definition) is 1. The zero-order valence-electron chi connectivity index (χ0n) is 15.4. The predicted octanol–water partition coefficient (Wildman–Crippen LogP) is 3.87. The second kappa shape index (κ2) is 7.92. The molecule has 6 heteroatoms. The Hall–Kier alpha value is -3.67. The number of rotatable bonds is 6. The van der Waals surface area contributed by atoms with Crippen molar-refractivity contribution in [2.24, 2.45) is 0 Å². The molecule has 28 heavy (non-hydrogen) atoms. The van der Waals surface area contributed by atoms with Crippen LogP contribution in [0.2, 0.25) is 0 Å². The Bertz CT molecular complexity index is 1090. The van der Waals surface area contributed by atoms with Crippen LogP contribution < -0.4 is 10.1 Å². The summed E-state index contributed by atoms with van der Waals surface area (Å²) in [5.74, 6) is 0.842. The van der Waals surface area contributed by atoms with Gasteiger partial charge in [-0.1, -0.05) is 30.3 Å². The molecule has 0 saturated heterocycles. The molecule has 0 saturated carbocycles. The minimum Gasteiger partial charge on any atom is -0.481 e. The van der Waals surface area contributed by atoms with E-state index in [0.29, 0.717) is 35.0 Å². The van der Waals surface area contributed by atoms with E-state index in [1.54, 1.807) is 37.6 Å². The number of methoxy groups -OCH3 is 1. The van der Waals surface area contributed by atoms with Crippen LogP contribution in [0.3, 0.4) is 0 Å². The molecule has 0 bridgehead atoms. The van der Waals surface area contributed by atoms with Crippen LogP contribution in [0.15, 0.2) is 71.3 Å². The predicted molar refractivity (Wildman–Crippen MR) is 106 cm³/mol. The van der Waals surface area contributed by atoms with Crippen molar-refractivity contribution in [1.82, 2.24) is 15.3 Å². The van der Waals surface area contributed by atoms with Gasteiger partial charge in [0.1, 0.15) is 5.52 Å². The summed E-state index contributed by atoms with van der Waals surface area (Å²) in [7, 11) is 1.56. The van der Waals surface area contributed by atoms with E-state index in [1.807, 2.05) is 36.4 Å². The van der Waals surface area contributed by atoms with E-state index < -0.39 is 0 Å². The van der Waals surface area contributed by atoms with Crippen LogP contribution in [0.25, 0.3) is 22.6 Å². The molecular weight excluding hydrogens is 354 g/mol. The molecular formula is C22H19N3O3. The summed E-state index contributed by atoms with van der Waals surface area (Å²) in [4.78, 5) is 21.1. The van der Waals surface area contributed by atoms with Gasteiger partial charge in [0.2, 0.25) is 11.8 Å². The molecule has 0 aliphatic heterocycles. The number of nitrogens with one attached hydrogen (secondary N) is 1. The molecule has 140 valence electrons. The highest BCUT2D eigenvalue weighted by molar-refractivity contribution is 5.97. The smallest absolute Gasteiger partial charge is 0.251 e. The molecule has 1 N–H and O–H groups in total. The minimum atomic E-state index is -0.131. The summed E-state index contributed by atoms with van der Waals surface area (Å²) in [6.07, 6.45) is 2.42. The normalized spacial score (nSPS) is 10.8. The Kier molecular flexibility index (Phi) is 5.01. The van der Waals surface area contributed by atoms with Gasteiger partial charge < -0.3 is 14.5 Å². The number of pyridine rings is 1. The first-order chi connectivity index (χ1) is 13.7. The van der Waals surface area contributed by atoms with Crippen molar-refractivity contribution in [2.45, 2.75) is 6.42 Å². The Balaban J connectivity index is 1.47. The first-order valence-corrected chi connectivity index (χ1v) is 8.96. The highest BCUT2D eigenvalue weighted by Crippen LogP contribution is 2.25. The Labute approximate surface area is 162 Å². The van der Waals surface area contributed by atoms with Gasteiger partial charge in [-0.3, -0.25) is 4.79 Å². The zero-order chi connectivity index (χ0) is 19.3. The summed E-state index contributed by atoms with van der Waals surface area (Å²) in [6, 6.07) is 18.9. The lowest BCUT2D eigenvalue weighted by Gasteiger charge is -2.05. The van der Waals surface area contributed by atoms with E-state index in [9.17, 15) is 4.79 Å². The van der Waals surface area contributed by atoms with Crippen molar-refractivity contribution >= 4 is 17.0 Å². The summed E-state index contributed by atoms with van der Waals surface area (Å²) in [5.41, 5.74) is 3.72. The number of ether oxygens (including phenoxy) is 1. The summed E-state index contributed by atoms with van der Waals surface area (Å²) in [6.45, 7) is 0.572. The highest BCUT2D eigenvalue weighted by atomic mass is 16.5. The van der Waals surface area contributed by atoms with Gasteiger partial charge >= 0.3 is 0 Å². The van der Waals surface area contributed by atoms with Gasteiger partial charge in [-0.05, 0) is 36.2 Å². The monoisotopic (exact) mass is 373 g/mol. The molecule has 4 aromatic rings. The molecule has 0 aliphatic rings. The molecule has 6 nitrogen and oxygen atoms in total. The fourth-order valence-electron chi connectivity index (χ4n) is 2.89. The number of aromatic nitrogens is 2. The third-order valence-electron chi connectivity index (χ3n) is 4.38. The molecule has 2 heterocycles. The highest BCUT2D eigenvalue weighted by Gasteiger charge is 2.12. The number of benzene rings is 2. The third-order valence-corrected chi connectivity index (χ3v) is 4.38. The zero-order valence-corrected chi connectivity index (χ0v) is 15.4. The first-order valence-electron chi connectivity index (χ1n) is 8.96. The number of carbonyl (C=O) groups excluding carboxylic acids is 1. The molecule has 0 radical (unpaired) electrons. The summed E-state index contributed by atoms with van der Waals surface area (Å²) < 4.78 is 10.8. The molecule has 0 spiro atoms. The lowest BCUT2D eigenvalue weighted by atomic mass is 10.1. The van der Waals surface area contributed by atoms with Crippen molar-refractivity contribution in [3.8, 4) is 17.3 Å². The van der Waals surface area contributed by atoms with Gasteiger partial charge in [0, 0.05) is 24.4 Å². The maximum absolute atomic E-state index is 12.4. The Morgan fingerprint density at radius 2 is 1.96 bits per heavy atom. The van der Waals surface area contributed by atoms with E-state index in [1.165, 1.54) is 5.56 Å². The van der Waals surface area contributed by atoms with Gasteiger partial charge in [-0.25, -0.2) is 9.97 Å². The average Bonchev–Trinajstić information content (AvgIpc) is 3.18. The van der Waals surface area contributed by atoms with Crippen LogP contribution in [0, 0.1) is 0 Å². The van der Waals surface area contributed by atoms with E-state index in [-0.39, 0.29) is 5.91 Å². The van der Waals surface area contributed by atoms with E-state index in [0.717, 1.165) is 12.0 Å². The largest absolute Gasteiger partial charge is 0.481 e. The van der Waals surface area contributed by atoms with Gasteiger partial charge in [0.25, 0.3) is 5.91 Å². The van der Waals surface area contributed by atoms with Crippen LogP contribution in [0.4, 0.5) is 0 Å². The van der Waals surface area contributed by atoms with Crippen LogP contribution in [-0.4, -0.2) is 29.5 Å². The molecule has 0 aliphatic carbocycles. The Morgan fingerprint density at radius 1 is 1.11 bits per heavy atom. The maximum Gasteiger partial charge on any atom is 0.251 e. The number of fused-ring (bicyclic) bond motifs is 1. The minimum absolute atomic E-state index is 0.131. The SMILES string of the molecule is COc1ccc(-c2nc3cc(C(=O)NCCc4ccccc4)ccc3o2)cn1. The average molecular weight is 373 g/mol. The molecule has 2 aromatic carbocycles. The fraction of sp³-hybridized carbons (Fsp3) is 0.136. The topological polar surface area (TPSA) is 77.2 Å². The lowest BCUT2D eigenvalue weighted by molar-refractivity contribution is 0.0954. The quantitative estimate of drug-likeness (QED) is 0.555. The second-order valence-electron chi connectivity index (χ2n) is 6.28. The number of hydrogen-bond acceptors (Lipinski definition) is 5. The number of amides is 1. The van der Waals surface area contributed by atoms with Gasteiger partial charge in [0.05, 0.1) is 12.7 Å². The van der Waals surface area contributed by atoms with E-state index >= 15 is 0 Å². The molecule has 1 amide bonds. The van der Waals surface area contributed by atoms with Gasteiger partial charge in [-0.15, -0.1) is 0 Å². The van der Waals surface area contributed by atoms with Gasteiger partial charge in [0.15, 0.2) is 5.58 Å². The van der Waals surface area contributed by atoms with E-state index in [2.05, 4.69) is 15.3 Å². The number of nitrogens with zero attached hydrogens (tertiary/aromatic N) is 2. The van der Waals surface area contributed by atoms with Crippen LogP contribution in [0.5, 0.6) is 5.88 Å². The Morgan fingerprint density at radius 3 is 2.71 bits per heavy atom. The van der Waals surface area contributed by atoms with Crippen LogP contribution in [0.1, 0.15) is 15.9 Å². The first kappa shape index (κ1) is 17.7. The third kappa shape index (κ3) is 3.86. The van der Waals surface area contributed by atoms with Crippen LogP contribution >= 0.6 is 0 Å². The lowest BCUT2D eigenvalue weighted by Crippen LogP contribution is -2.25. The summed E-state index contributed by atoms with van der Waals surface area (Å²) >= 11 is 0. The number of carbonyl (C=O) groups is 1. The maximum atomic E-state index is 12.4. The molecule has 2 aromatic heterocycles. The molecule has 0 unspecified atom stereocenters. The van der Waals surface area contributed by atoms with Crippen molar-refractivity contribution in [2.75, 3.05) is 13.7 Å². The second-order valence-corrected chi connectivity index (χ2v) is 6.28. The van der Waals surface area contributed by atoms with Crippen molar-refractivity contribution in [3.05, 3.63) is 78.0 Å². The summed E-state index contributed by atoms with van der Waals surface area (Å²) in [5, 5.41) is 2.94. The van der Waals surface area contributed by atoms with Gasteiger partial charge in [-0.2, -0.15) is 0 Å². The van der Waals surface area contributed by atoms with Crippen LogP contribution in [-0.2, 0) is 6.42 Å². The van der Waals surface area contributed by atoms with Crippen molar-refractivity contribution in [1.29, 1.82) is 0 Å². The van der Waals surface area contributed by atoms with Crippen molar-refractivity contribution in [3.63, 3.8) is 0 Å².